The van der Waals surface area contributed by atoms with Gasteiger partial charge in [0.2, 0.25) is 0 Å². The van der Waals surface area contributed by atoms with Crippen LogP contribution in [0.3, 0.4) is 0 Å². The second kappa shape index (κ2) is 7.11. The summed E-state index contributed by atoms with van der Waals surface area (Å²) in [6, 6.07) is 5.50. The van der Waals surface area contributed by atoms with E-state index in [4.69, 9.17) is 21.1 Å². The van der Waals surface area contributed by atoms with Crippen molar-refractivity contribution in [2.75, 3.05) is 21.3 Å². The minimum atomic E-state index is -0.320. The number of ether oxygens (including phenoxy) is 3. The van der Waals surface area contributed by atoms with Gasteiger partial charge in [0.25, 0.3) is 0 Å². The van der Waals surface area contributed by atoms with Gasteiger partial charge in [0, 0.05) is 11.4 Å². The first kappa shape index (κ1) is 14.6. The van der Waals surface area contributed by atoms with Crippen molar-refractivity contribution >= 4 is 17.6 Å². The number of halogens is 1. The van der Waals surface area contributed by atoms with Crippen LogP contribution in [0.1, 0.15) is 12.0 Å². The third kappa shape index (κ3) is 4.11. The first-order valence-corrected chi connectivity index (χ1v) is 5.96. The quantitative estimate of drug-likeness (QED) is 0.589. The molecule has 1 unspecified atom stereocenters. The minimum absolute atomic E-state index is 0.174. The second-order valence-corrected chi connectivity index (χ2v) is 4.38. The average molecular weight is 273 g/mol. The Balaban J connectivity index is 2.74. The SMILES string of the molecule is COC(=O)CC(Cl)Cc1ccc(OC)cc1OC. The van der Waals surface area contributed by atoms with Gasteiger partial charge in [0.15, 0.2) is 0 Å². The van der Waals surface area contributed by atoms with Crippen molar-refractivity contribution < 1.29 is 19.0 Å². The summed E-state index contributed by atoms with van der Waals surface area (Å²) >= 11 is 6.10. The molecule has 0 amide bonds. The number of rotatable bonds is 6. The first-order chi connectivity index (χ1) is 8.60. The maximum atomic E-state index is 11.1. The molecule has 0 saturated carbocycles. The molecule has 0 spiro atoms. The van der Waals surface area contributed by atoms with E-state index in [1.165, 1.54) is 7.11 Å². The molecule has 0 aliphatic carbocycles. The zero-order valence-corrected chi connectivity index (χ0v) is 11.5. The Morgan fingerprint density at radius 1 is 1.28 bits per heavy atom. The number of methoxy groups -OCH3 is 3. The monoisotopic (exact) mass is 272 g/mol. The van der Waals surface area contributed by atoms with Gasteiger partial charge in [0.05, 0.1) is 27.8 Å². The predicted molar refractivity (Wildman–Crippen MR) is 69.5 cm³/mol. The molecule has 5 heteroatoms. The van der Waals surface area contributed by atoms with Gasteiger partial charge in [-0.15, -0.1) is 11.6 Å². The summed E-state index contributed by atoms with van der Waals surface area (Å²) in [7, 11) is 4.53. The summed E-state index contributed by atoms with van der Waals surface area (Å²) in [5.74, 6) is 1.10. The zero-order chi connectivity index (χ0) is 13.5. The summed E-state index contributed by atoms with van der Waals surface area (Å²) in [5, 5.41) is -0.320. The fourth-order valence-corrected chi connectivity index (χ4v) is 1.89. The second-order valence-electron chi connectivity index (χ2n) is 3.76. The van der Waals surface area contributed by atoms with Gasteiger partial charge in [-0.2, -0.15) is 0 Å². The van der Waals surface area contributed by atoms with Crippen molar-refractivity contribution in [3.63, 3.8) is 0 Å². The van der Waals surface area contributed by atoms with Crippen LogP contribution in [0, 0.1) is 0 Å². The summed E-state index contributed by atoms with van der Waals surface area (Å²) in [5.41, 5.74) is 0.933. The molecule has 0 saturated heterocycles. The van der Waals surface area contributed by atoms with E-state index in [1.54, 1.807) is 20.3 Å². The fourth-order valence-electron chi connectivity index (χ4n) is 1.60. The molecule has 0 aliphatic rings. The van der Waals surface area contributed by atoms with Gasteiger partial charge in [-0.3, -0.25) is 4.79 Å². The molecule has 100 valence electrons. The van der Waals surface area contributed by atoms with Crippen LogP contribution >= 0.6 is 11.6 Å². The number of hydrogen-bond acceptors (Lipinski definition) is 4. The first-order valence-electron chi connectivity index (χ1n) is 5.52. The molecule has 1 aromatic rings. The van der Waals surface area contributed by atoms with Crippen LogP contribution in [0.15, 0.2) is 18.2 Å². The van der Waals surface area contributed by atoms with E-state index in [1.807, 2.05) is 12.1 Å². The average Bonchev–Trinajstić information content (AvgIpc) is 2.38. The molecule has 0 bridgehead atoms. The summed E-state index contributed by atoms with van der Waals surface area (Å²) in [6.45, 7) is 0. The van der Waals surface area contributed by atoms with E-state index in [0.29, 0.717) is 12.2 Å². The standard InChI is InChI=1S/C13H17ClO4/c1-16-11-5-4-9(12(8-11)17-2)6-10(14)7-13(15)18-3/h4-5,8,10H,6-7H2,1-3H3. The predicted octanol–water partition coefficient (Wildman–Crippen LogP) is 2.42. The molecule has 0 aromatic heterocycles. The van der Waals surface area contributed by atoms with Crippen LogP contribution in [0.25, 0.3) is 0 Å². The van der Waals surface area contributed by atoms with E-state index in [0.717, 1.165) is 11.3 Å². The van der Waals surface area contributed by atoms with Gasteiger partial charge in [0.1, 0.15) is 11.5 Å². The van der Waals surface area contributed by atoms with Gasteiger partial charge >= 0.3 is 5.97 Å². The van der Waals surface area contributed by atoms with Gasteiger partial charge < -0.3 is 14.2 Å². The smallest absolute Gasteiger partial charge is 0.307 e. The Labute approximate surface area is 112 Å². The Morgan fingerprint density at radius 2 is 2.00 bits per heavy atom. The number of hydrogen-bond donors (Lipinski definition) is 0. The van der Waals surface area contributed by atoms with Crippen LogP contribution in [0.4, 0.5) is 0 Å². The van der Waals surface area contributed by atoms with E-state index in [9.17, 15) is 4.79 Å². The highest BCUT2D eigenvalue weighted by Gasteiger charge is 2.15. The molecular formula is C13H17ClO4. The van der Waals surface area contributed by atoms with Gasteiger partial charge in [-0.25, -0.2) is 0 Å². The lowest BCUT2D eigenvalue weighted by molar-refractivity contribution is -0.140. The molecule has 0 radical (unpaired) electrons. The molecular weight excluding hydrogens is 256 g/mol. The van der Waals surface area contributed by atoms with Crippen LogP contribution in [0.2, 0.25) is 0 Å². The van der Waals surface area contributed by atoms with Crippen molar-refractivity contribution in [2.45, 2.75) is 18.2 Å². The van der Waals surface area contributed by atoms with E-state index < -0.39 is 0 Å². The molecule has 0 N–H and O–H groups in total. The Kier molecular flexibility index (Phi) is 5.78. The normalized spacial score (nSPS) is 11.8. The molecule has 1 rings (SSSR count). The maximum Gasteiger partial charge on any atom is 0.307 e. The van der Waals surface area contributed by atoms with Crippen molar-refractivity contribution in [3.8, 4) is 11.5 Å². The number of benzene rings is 1. The third-order valence-electron chi connectivity index (χ3n) is 2.55. The molecule has 1 aromatic carbocycles. The summed E-state index contributed by atoms with van der Waals surface area (Å²) in [4.78, 5) is 11.1. The van der Waals surface area contributed by atoms with Crippen molar-refractivity contribution in [2.24, 2.45) is 0 Å². The lowest BCUT2D eigenvalue weighted by Crippen LogP contribution is -2.12. The topological polar surface area (TPSA) is 44.8 Å². The lowest BCUT2D eigenvalue weighted by atomic mass is 10.1. The lowest BCUT2D eigenvalue weighted by Gasteiger charge is -2.13. The molecule has 0 heterocycles. The van der Waals surface area contributed by atoms with Crippen LogP contribution < -0.4 is 9.47 Å². The fraction of sp³-hybridized carbons (Fsp3) is 0.462. The number of esters is 1. The number of alkyl halides is 1. The van der Waals surface area contributed by atoms with Crippen molar-refractivity contribution in [1.29, 1.82) is 0 Å². The highest BCUT2D eigenvalue weighted by Crippen LogP contribution is 2.27. The Morgan fingerprint density at radius 3 is 2.56 bits per heavy atom. The molecule has 0 aliphatic heterocycles. The number of carbonyl (C=O) groups is 1. The van der Waals surface area contributed by atoms with Gasteiger partial charge in [-0.05, 0) is 18.1 Å². The van der Waals surface area contributed by atoms with E-state index >= 15 is 0 Å². The highest BCUT2D eigenvalue weighted by molar-refractivity contribution is 6.21. The van der Waals surface area contributed by atoms with E-state index in [-0.39, 0.29) is 17.8 Å². The molecule has 0 fully saturated rings. The zero-order valence-electron chi connectivity index (χ0n) is 10.7. The van der Waals surface area contributed by atoms with E-state index in [2.05, 4.69) is 4.74 Å². The molecule has 1 atom stereocenters. The van der Waals surface area contributed by atoms with Crippen LogP contribution in [-0.4, -0.2) is 32.7 Å². The number of carbonyl (C=O) groups excluding carboxylic acids is 1. The Bertz CT molecular complexity index is 406. The molecule has 4 nitrogen and oxygen atoms in total. The van der Waals surface area contributed by atoms with Crippen LogP contribution in [0.5, 0.6) is 11.5 Å². The van der Waals surface area contributed by atoms with Crippen molar-refractivity contribution in [3.05, 3.63) is 23.8 Å². The maximum absolute atomic E-state index is 11.1. The third-order valence-corrected chi connectivity index (χ3v) is 2.86. The van der Waals surface area contributed by atoms with Crippen LogP contribution in [-0.2, 0) is 16.0 Å². The summed E-state index contributed by atoms with van der Waals surface area (Å²) in [6.07, 6.45) is 0.705. The summed E-state index contributed by atoms with van der Waals surface area (Å²) < 4.78 is 15.0. The molecule has 18 heavy (non-hydrogen) atoms. The van der Waals surface area contributed by atoms with Gasteiger partial charge in [-0.1, -0.05) is 6.07 Å². The van der Waals surface area contributed by atoms with Crippen molar-refractivity contribution in [1.82, 2.24) is 0 Å². The minimum Gasteiger partial charge on any atom is -0.497 e. The Hall–Kier alpha value is -1.42. The largest absolute Gasteiger partial charge is 0.497 e. The highest BCUT2D eigenvalue weighted by atomic mass is 35.5.